The molecule has 0 bridgehead atoms. The molecule has 0 saturated heterocycles. The van der Waals surface area contributed by atoms with Crippen molar-refractivity contribution in [1.29, 1.82) is 0 Å². The van der Waals surface area contributed by atoms with E-state index in [2.05, 4.69) is 4.98 Å². The fraction of sp³-hybridized carbons (Fsp3) is 0.0870. The van der Waals surface area contributed by atoms with Crippen LogP contribution >= 0.6 is 22.9 Å². The van der Waals surface area contributed by atoms with Crippen LogP contribution in [0.3, 0.4) is 0 Å². The molecule has 0 spiro atoms. The van der Waals surface area contributed by atoms with E-state index in [4.69, 9.17) is 11.6 Å². The molecule has 0 radical (unpaired) electrons. The average molecular weight is 466 g/mol. The van der Waals surface area contributed by atoms with Gasteiger partial charge in [-0.2, -0.15) is 0 Å². The number of aryl methyl sites for hydroxylation is 1. The molecule has 3 heterocycles. The fourth-order valence-electron chi connectivity index (χ4n) is 4.00. The maximum Gasteiger partial charge on any atom is 0.354 e. The molecule has 0 aliphatic rings. The van der Waals surface area contributed by atoms with Crippen LogP contribution in [0.2, 0.25) is 5.02 Å². The van der Waals surface area contributed by atoms with Crippen LogP contribution in [0.1, 0.15) is 21.6 Å². The Bertz CT molecular complexity index is 1640. The van der Waals surface area contributed by atoms with Gasteiger partial charge in [0.15, 0.2) is 5.69 Å². The van der Waals surface area contributed by atoms with E-state index in [1.165, 1.54) is 11.3 Å². The molecule has 0 unspecified atom stereocenters. The highest BCUT2D eigenvalue weighted by Crippen LogP contribution is 2.32. The van der Waals surface area contributed by atoms with Gasteiger partial charge >= 0.3 is 11.7 Å². The lowest BCUT2D eigenvalue weighted by Crippen LogP contribution is -2.34. The number of aromatic carboxylic acids is 1. The minimum absolute atomic E-state index is 0.00475. The molecule has 2 aromatic carbocycles. The summed E-state index contributed by atoms with van der Waals surface area (Å²) in [6.07, 6.45) is 0. The standard InChI is InChI=1S/C23H16ClN3O4S/c1-12-11-32-20-17(12)25-23(31)27(21(20)28)18-15-9-14(24)7-8-16(15)26(19(18)22(29)30)10-13-5-3-2-4-6-13/h2-9,11H,10H2,1H3,(H,25,31)(H,29,30). The molecule has 160 valence electrons. The Morgan fingerprint density at radius 1 is 1.16 bits per heavy atom. The van der Waals surface area contributed by atoms with Crippen molar-refractivity contribution in [1.82, 2.24) is 14.1 Å². The van der Waals surface area contributed by atoms with Crippen LogP contribution in [-0.2, 0) is 6.54 Å². The van der Waals surface area contributed by atoms with Gasteiger partial charge in [0.05, 0.1) is 16.7 Å². The van der Waals surface area contributed by atoms with Crippen molar-refractivity contribution < 1.29 is 9.90 Å². The van der Waals surface area contributed by atoms with Crippen molar-refractivity contribution >= 4 is 50.0 Å². The Morgan fingerprint density at radius 3 is 2.62 bits per heavy atom. The van der Waals surface area contributed by atoms with E-state index in [-0.39, 0.29) is 17.9 Å². The predicted octanol–water partition coefficient (Wildman–Crippen LogP) is 4.40. The molecule has 0 fully saturated rings. The van der Waals surface area contributed by atoms with Crippen molar-refractivity contribution in [2.45, 2.75) is 13.5 Å². The van der Waals surface area contributed by atoms with Gasteiger partial charge in [0.2, 0.25) is 0 Å². The minimum Gasteiger partial charge on any atom is -0.477 e. The normalized spacial score (nSPS) is 11.4. The number of aromatic amines is 1. The topological polar surface area (TPSA) is 97.1 Å². The molecule has 2 N–H and O–H groups in total. The van der Waals surface area contributed by atoms with Crippen molar-refractivity contribution in [2.75, 3.05) is 0 Å². The van der Waals surface area contributed by atoms with Gasteiger partial charge in [-0.05, 0) is 41.6 Å². The van der Waals surface area contributed by atoms with Gasteiger partial charge in [0.1, 0.15) is 4.70 Å². The number of hydrogen-bond acceptors (Lipinski definition) is 4. The number of aromatic nitrogens is 3. The van der Waals surface area contributed by atoms with Crippen LogP contribution in [0.15, 0.2) is 63.5 Å². The lowest BCUT2D eigenvalue weighted by atomic mass is 10.2. The summed E-state index contributed by atoms with van der Waals surface area (Å²) in [6.45, 7) is 2.04. The number of benzene rings is 2. The van der Waals surface area contributed by atoms with E-state index in [9.17, 15) is 19.5 Å². The Labute approximate surface area is 189 Å². The molecular formula is C23H16ClN3O4S. The van der Waals surface area contributed by atoms with Gasteiger partial charge in [-0.15, -0.1) is 11.3 Å². The maximum atomic E-state index is 13.4. The monoisotopic (exact) mass is 465 g/mol. The van der Waals surface area contributed by atoms with Crippen LogP contribution in [0.25, 0.3) is 26.8 Å². The van der Waals surface area contributed by atoms with Gasteiger partial charge in [0, 0.05) is 17.0 Å². The van der Waals surface area contributed by atoms with Crippen molar-refractivity contribution in [2.24, 2.45) is 0 Å². The van der Waals surface area contributed by atoms with E-state index in [1.54, 1.807) is 35.1 Å². The van der Waals surface area contributed by atoms with Crippen LogP contribution in [0.4, 0.5) is 0 Å². The first-order valence-electron chi connectivity index (χ1n) is 9.69. The highest BCUT2D eigenvalue weighted by Gasteiger charge is 2.27. The van der Waals surface area contributed by atoms with Gasteiger partial charge in [-0.25, -0.2) is 14.2 Å². The summed E-state index contributed by atoms with van der Waals surface area (Å²) in [5.74, 6) is -1.25. The number of carboxylic acid groups (broad SMARTS) is 1. The smallest absolute Gasteiger partial charge is 0.354 e. The Kier molecular flexibility index (Phi) is 4.76. The van der Waals surface area contributed by atoms with E-state index in [1.807, 2.05) is 30.3 Å². The first-order chi connectivity index (χ1) is 15.4. The number of carboxylic acids is 1. The summed E-state index contributed by atoms with van der Waals surface area (Å²) in [4.78, 5) is 41.6. The van der Waals surface area contributed by atoms with E-state index < -0.39 is 17.2 Å². The van der Waals surface area contributed by atoms with E-state index in [0.717, 1.165) is 15.7 Å². The second-order valence-corrected chi connectivity index (χ2v) is 8.75. The number of fused-ring (bicyclic) bond motifs is 2. The second kappa shape index (κ2) is 7.51. The van der Waals surface area contributed by atoms with Crippen LogP contribution < -0.4 is 11.2 Å². The molecule has 5 rings (SSSR count). The number of halogens is 1. The molecule has 3 aromatic heterocycles. The quantitative estimate of drug-likeness (QED) is 0.411. The molecule has 0 saturated carbocycles. The summed E-state index contributed by atoms with van der Waals surface area (Å²) in [7, 11) is 0. The zero-order chi connectivity index (χ0) is 22.6. The zero-order valence-electron chi connectivity index (χ0n) is 16.8. The number of hydrogen-bond donors (Lipinski definition) is 2. The molecule has 0 atom stereocenters. The zero-order valence-corrected chi connectivity index (χ0v) is 18.3. The van der Waals surface area contributed by atoms with Gasteiger partial charge < -0.3 is 14.7 Å². The summed E-state index contributed by atoms with van der Waals surface area (Å²) >= 11 is 7.44. The van der Waals surface area contributed by atoms with E-state index >= 15 is 0 Å². The minimum atomic E-state index is -1.25. The molecule has 7 nitrogen and oxygen atoms in total. The van der Waals surface area contributed by atoms with Crippen molar-refractivity contribution in [3.63, 3.8) is 0 Å². The molecule has 32 heavy (non-hydrogen) atoms. The third-order valence-electron chi connectivity index (χ3n) is 5.42. The van der Waals surface area contributed by atoms with Crippen molar-refractivity contribution in [3.8, 4) is 5.69 Å². The highest BCUT2D eigenvalue weighted by atomic mass is 35.5. The molecule has 5 aromatic rings. The largest absolute Gasteiger partial charge is 0.477 e. The molecule has 0 amide bonds. The first-order valence-corrected chi connectivity index (χ1v) is 10.9. The van der Waals surface area contributed by atoms with Gasteiger partial charge in [0.25, 0.3) is 5.56 Å². The van der Waals surface area contributed by atoms with Crippen LogP contribution in [0.5, 0.6) is 0 Å². The Balaban J connectivity index is 1.92. The SMILES string of the molecule is Cc1csc2c(=O)n(-c3c(C(=O)O)n(Cc4ccccc4)c4ccc(Cl)cc34)c(=O)[nH]c12. The fourth-order valence-corrected chi connectivity index (χ4v) is 5.11. The average Bonchev–Trinajstić information content (AvgIpc) is 3.27. The number of nitrogens with zero attached hydrogens (tertiary/aromatic N) is 2. The third kappa shape index (κ3) is 3.07. The molecule has 0 aliphatic carbocycles. The number of thiophene rings is 1. The Morgan fingerprint density at radius 2 is 1.91 bits per heavy atom. The first kappa shape index (κ1) is 20.3. The predicted molar refractivity (Wildman–Crippen MR) is 126 cm³/mol. The molecular weight excluding hydrogens is 450 g/mol. The number of nitrogens with one attached hydrogen (secondary N) is 1. The summed E-state index contributed by atoms with van der Waals surface area (Å²) in [5, 5.41) is 12.7. The third-order valence-corrected chi connectivity index (χ3v) is 6.74. The van der Waals surface area contributed by atoms with E-state index in [0.29, 0.717) is 26.1 Å². The molecule has 9 heteroatoms. The number of carbonyl (C=O) groups is 1. The van der Waals surface area contributed by atoms with Crippen LogP contribution in [-0.4, -0.2) is 25.2 Å². The lowest BCUT2D eigenvalue weighted by Gasteiger charge is -2.10. The van der Waals surface area contributed by atoms with Crippen molar-refractivity contribution in [3.05, 3.63) is 96.6 Å². The summed E-state index contributed by atoms with van der Waals surface area (Å²) in [5.41, 5.74) is 1.24. The van der Waals surface area contributed by atoms with Gasteiger partial charge in [-0.1, -0.05) is 41.9 Å². The second-order valence-electron chi connectivity index (χ2n) is 7.43. The maximum absolute atomic E-state index is 13.4. The van der Waals surface area contributed by atoms with Crippen LogP contribution in [0, 0.1) is 6.92 Å². The summed E-state index contributed by atoms with van der Waals surface area (Å²) < 4.78 is 2.85. The number of H-pyrrole nitrogens is 1. The summed E-state index contributed by atoms with van der Waals surface area (Å²) in [6, 6.07) is 14.3. The number of rotatable bonds is 4. The van der Waals surface area contributed by atoms with Gasteiger partial charge in [-0.3, -0.25) is 4.79 Å². The Hall–Kier alpha value is -3.62. The molecule has 0 aliphatic heterocycles. The highest BCUT2D eigenvalue weighted by molar-refractivity contribution is 7.17. The lowest BCUT2D eigenvalue weighted by molar-refractivity contribution is 0.0686.